The van der Waals surface area contributed by atoms with Gasteiger partial charge in [-0.25, -0.2) is 9.59 Å². The Morgan fingerprint density at radius 2 is 1.77 bits per heavy atom. The van der Waals surface area contributed by atoms with E-state index < -0.39 is 17.7 Å². The molecule has 1 aliphatic carbocycles. The third kappa shape index (κ3) is 3.78. The molecule has 1 aromatic carbocycles. The van der Waals surface area contributed by atoms with Gasteiger partial charge in [-0.3, -0.25) is 4.90 Å². The summed E-state index contributed by atoms with van der Waals surface area (Å²) in [6.07, 6.45) is 7.25. The van der Waals surface area contributed by atoms with Crippen molar-refractivity contribution in [1.82, 2.24) is 10.1 Å². The summed E-state index contributed by atoms with van der Waals surface area (Å²) in [6, 6.07) is 5.53. The number of ether oxygens (including phenoxy) is 2. The van der Waals surface area contributed by atoms with Crippen LogP contribution in [0.1, 0.15) is 49.8 Å². The third-order valence-electron chi connectivity index (χ3n) is 5.94. The van der Waals surface area contributed by atoms with Crippen LogP contribution in [0.3, 0.4) is 0 Å². The van der Waals surface area contributed by atoms with Crippen LogP contribution >= 0.6 is 0 Å². The average molecular weight is 424 g/mol. The largest absolute Gasteiger partial charge is 0.413 e. The summed E-state index contributed by atoms with van der Waals surface area (Å²) in [5.74, 6) is -2.18. The highest BCUT2D eigenvalue weighted by molar-refractivity contribution is 5.94. The maximum absolute atomic E-state index is 12.7. The summed E-state index contributed by atoms with van der Waals surface area (Å²) in [4.78, 5) is 27.6. The summed E-state index contributed by atoms with van der Waals surface area (Å²) in [6.45, 7) is 7.75. The normalized spacial score (nSPS) is 19.8. The Kier molecular flexibility index (Phi) is 5.96. The zero-order chi connectivity index (χ0) is 22.0. The molecule has 0 N–H and O–H groups in total. The van der Waals surface area contributed by atoms with Gasteiger partial charge in [0.15, 0.2) is 5.76 Å². The lowest BCUT2D eigenvalue weighted by atomic mass is 9.78. The highest BCUT2D eigenvalue weighted by atomic mass is 16.7. The van der Waals surface area contributed by atoms with Crippen molar-refractivity contribution in [3.63, 3.8) is 0 Å². The first-order valence-electron chi connectivity index (χ1n) is 10.9. The number of carbonyl (C=O) groups is 2. The van der Waals surface area contributed by atoms with Gasteiger partial charge in [-0.2, -0.15) is 0 Å². The van der Waals surface area contributed by atoms with Crippen molar-refractivity contribution in [1.29, 1.82) is 0 Å². The molecular formula is C24H28N2O5. The molecule has 0 saturated heterocycles. The Balaban J connectivity index is 1.97. The molecule has 0 saturated carbocycles. The summed E-state index contributed by atoms with van der Waals surface area (Å²) >= 11 is 0. The number of benzene rings is 1. The van der Waals surface area contributed by atoms with Gasteiger partial charge < -0.3 is 14.0 Å². The van der Waals surface area contributed by atoms with Crippen molar-refractivity contribution in [2.24, 2.45) is 0 Å². The predicted molar refractivity (Wildman–Crippen MR) is 114 cm³/mol. The van der Waals surface area contributed by atoms with Crippen LogP contribution in [0.4, 0.5) is 0 Å². The Labute approximate surface area is 182 Å². The van der Waals surface area contributed by atoms with Gasteiger partial charge in [0.25, 0.3) is 0 Å². The lowest BCUT2D eigenvalue weighted by Gasteiger charge is -2.47. The number of fused-ring (bicyclic) bond motifs is 2. The minimum absolute atomic E-state index is 0.308. The smallest absolute Gasteiger partial charge is 0.334 e. The van der Waals surface area contributed by atoms with Crippen molar-refractivity contribution < 1.29 is 23.6 Å². The van der Waals surface area contributed by atoms with Gasteiger partial charge in [0.1, 0.15) is 0 Å². The van der Waals surface area contributed by atoms with Crippen LogP contribution in [-0.2, 0) is 31.3 Å². The van der Waals surface area contributed by atoms with Crippen LogP contribution in [0.15, 0.2) is 41.1 Å². The maximum Gasteiger partial charge on any atom is 0.334 e. The van der Waals surface area contributed by atoms with E-state index in [-0.39, 0.29) is 6.04 Å². The summed E-state index contributed by atoms with van der Waals surface area (Å²) < 4.78 is 17.6. The number of nitrogens with zero attached hydrogens (tertiary/aromatic N) is 2. The summed E-state index contributed by atoms with van der Waals surface area (Å²) in [5, 5.41) is 3.93. The average Bonchev–Trinajstić information content (AvgIpc) is 3.11. The van der Waals surface area contributed by atoms with E-state index in [1.54, 1.807) is 6.20 Å². The van der Waals surface area contributed by atoms with Gasteiger partial charge in [-0.15, -0.1) is 0 Å². The standard InChI is InChI=1S/C24H28N2O5/c1-4-13-26(14-5-2)19-10-9-17-7-6-8-18(23-16(3)15-25-31-23)22(17)24(19)29-20(27)11-12-21(28)30-24/h6-8,11-12,15,19H,4-5,9-10,13-14H2,1-3H3. The summed E-state index contributed by atoms with van der Waals surface area (Å²) in [7, 11) is 0. The minimum atomic E-state index is -1.56. The third-order valence-corrected chi connectivity index (χ3v) is 5.94. The number of hydrogen-bond acceptors (Lipinski definition) is 7. The molecule has 2 heterocycles. The van der Waals surface area contributed by atoms with Crippen molar-refractivity contribution in [2.75, 3.05) is 13.1 Å². The molecule has 31 heavy (non-hydrogen) atoms. The van der Waals surface area contributed by atoms with Gasteiger partial charge in [0.2, 0.25) is 0 Å². The maximum atomic E-state index is 12.7. The molecule has 7 nitrogen and oxygen atoms in total. The SMILES string of the molecule is CCCN(CCC)C1CCc2cccc(-c3oncc3C)c2C12OC(=O)C=CC(=O)O2. The van der Waals surface area contributed by atoms with E-state index >= 15 is 0 Å². The number of aromatic nitrogens is 1. The molecule has 0 amide bonds. The van der Waals surface area contributed by atoms with Crippen LogP contribution in [0, 0.1) is 6.92 Å². The van der Waals surface area contributed by atoms with Crippen molar-refractivity contribution in [2.45, 2.75) is 58.3 Å². The van der Waals surface area contributed by atoms with E-state index in [0.29, 0.717) is 17.7 Å². The van der Waals surface area contributed by atoms with E-state index in [0.717, 1.165) is 61.2 Å². The van der Waals surface area contributed by atoms with Crippen LogP contribution < -0.4 is 0 Å². The van der Waals surface area contributed by atoms with Crippen molar-refractivity contribution in [3.8, 4) is 11.3 Å². The molecule has 2 aliphatic rings. The van der Waals surface area contributed by atoms with Crippen LogP contribution in [-0.4, -0.2) is 41.1 Å². The number of carbonyl (C=O) groups excluding carboxylic acids is 2. The highest BCUT2D eigenvalue weighted by Gasteiger charge is 2.55. The molecular weight excluding hydrogens is 396 g/mol. The Hall–Kier alpha value is -2.93. The second-order valence-corrected chi connectivity index (χ2v) is 8.11. The Morgan fingerprint density at radius 1 is 1.10 bits per heavy atom. The molecule has 1 aromatic heterocycles. The molecule has 0 bridgehead atoms. The van der Waals surface area contributed by atoms with Gasteiger partial charge in [-0.05, 0) is 51.3 Å². The highest BCUT2D eigenvalue weighted by Crippen LogP contribution is 2.48. The van der Waals surface area contributed by atoms with E-state index in [9.17, 15) is 9.59 Å². The van der Waals surface area contributed by atoms with E-state index in [4.69, 9.17) is 14.0 Å². The molecule has 1 aliphatic heterocycles. The van der Waals surface area contributed by atoms with E-state index in [1.165, 1.54) is 0 Å². The van der Waals surface area contributed by atoms with Crippen molar-refractivity contribution >= 4 is 11.9 Å². The molecule has 1 atom stereocenters. The van der Waals surface area contributed by atoms with Gasteiger partial charge in [0, 0.05) is 23.3 Å². The fourth-order valence-corrected chi connectivity index (χ4v) is 4.79. The summed E-state index contributed by atoms with van der Waals surface area (Å²) in [5.41, 5.74) is 3.23. The number of hydrogen-bond donors (Lipinski definition) is 0. The zero-order valence-electron chi connectivity index (χ0n) is 18.2. The molecule has 0 radical (unpaired) electrons. The molecule has 4 rings (SSSR count). The van der Waals surface area contributed by atoms with Crippen LogP contribution in [0.2, 0.25) is 0 Å². The lowest BCUT2D eigenvalue weighted by molar-refractivity contribution is -0.254. The topological polar surface area (TPSA) is 81.9 Å². The van der Waals surface area contributed by atoms with Crippen LogP contribution in [0.25, 0.3) is 11.3 Å². The van der Waals surface area contributed by atoms with E-state index in [1.807, 2.05) is 25.1 Å². The second kappa shape index (κ2) is 8.67. The second-order valence-electron chi connectivity index (χ2n) is 8.11. The quantitative estimate of drug-likeness (QED) is 0.651. The molecule has 1 unspecified atom stereocenters. The fraction of sp³-hybridized carbons (Fsp3) is 0.458. The Bertz CT molecular complexity index is 983. The molecule has 7 heteroatoms. The first-order valence-corrected chi connectivity index (χ1v) is 10.9. The van der Waals surface area contributed by atoms with Crippen molar-refractivity contribution in [3.05, 3.63) is 53.2 Å². The van der Waals surface area contributed by atoms with Crippen LogP contribution in [0.5, 0.6) is 0 Å². The number of rotatable bonds is 6. The molecule has 164 valence electrons. The molecule has 2 aromatic rings. The molecule has 1 spiro atoms. The number of esters is 2. The van der Waals surface area contributed by atoms with Gasteiger partial charge in [0.05, 0.1) is 17.8 Å². The minimum Gasteiger partial charge on any atom is -0.413 e. The zero-order valence-corrected chi connectivity index (χ0v) is 18.2. The van der Waals surface area contributed by atoms with E-state index in [2.05, 4.69) is 23.9 Å². The first kappa shape index (κ1) is 21.3. The Morgan fingerprint density at radius 3 is 2.35 bits per heavy atom. The fourth-order valence-electron chi connectivity index (χ4n) is 4.79. The van der Waals surface area contributed by atoms with Gasteiger partial charge in [-0.1, -0.05) is 37.2 Å². The monoisotopic (exact) mass is 424 g/mol. The number of aryl methyl sites for hydroxylation is 2. The molecule has 0 fully saturated rings. The predicted octanol–water partition coefficient (Wildman–Crippen LogP) is 3.90. The lowest BCUT2D eigenvalue weighted by Crippen LogP contribution is -2.57. The first-order chi connectivity index (χ1) is 15.0. The van der Waals surface area contributed by atoms with Gasteiger partial charge >= 0.3 is 17.7 Å².